The van der Waals surface area contributed by atoms with Crippen LogP contribution >= 0.6 is 0 Å². The van der Waals surface area contributed by atoms with Crippen LogP contribution in [0.2, 0.25) is 0 Å². The van der Waals surface area contributed by atoms with Crippen LogP contribution in [0.3, 0.4) is 0 Å². The molecule has 1 unspecified atom stereocenters. The van der Waals surface area contributed by atoms with E-state index in [4.69, 9.17) is 20.9 Å². The minimum atomic E-state index is -4.04. The zero-order valence-electron chi connectivity index (χ0n) is 18.6. The molecule has 0 saturated heterocycles. The van der Waals surface area contributed by atoms with Gasteiger partial charge in [0.2, 0.25) is 10.0 Å². The van der Waals surface area contributed by atoms with Crippen molar-refractivity contribution in [3.63, 3.8) is 0 Å². The number of hydrogen-bond donors (Lipinski definition) is 3. The molecule has 0 radical (unpaired) electrons. The van der Waals surface area contributed by atoms with Crippen molar-refractivity contribution in [3.8, 4) is 0 Å². The summed E-state index contributed by atoms with van der Waals surface area (Å²) in [5, 5.41) is 1.34. The summed E-state index contributed by atoms with van der Waals surface area (Å²) in [6, 6.07) is 9.38. The van der Waals surface area contributed by atoms with E-state index < -0.39 is 22.0 Å². The highest BCUT2D eigenvalue weighted by molar-refractivity contribution is 7.89. The molecule has 0 aliphatic heterocycles. The first kappa shape index (κ1) is 25.4. The van der Waals surface area contributed by atoms with Crippen molar-refractivity contribution in [3.05, 3.63) is 36.4 Å². The summed E-state index contributed by atoms with van der Waals surface area (Å²) in [6.07, 6.45) is 0.542. The van der Waals surface area contributed by atoms with E-state index >= 15 is 0 Å². The molecule has 0 aliphatic rings. The zero-order valence-corrected chi connectivity index (χ0v) is 19.4. The van der Waals surface area contributed by atoms with E-state index in [-0.39, 0.29) is 37.0 Å². The van der Waals surface area contributed by atoms with E-state index in [1.165, 1.54) is 13.2 Å². The minimum Gasteiger partial charge on any atom is -0.462 e. The van der Waals surface area contributed by atoms with Crippen molar-refractivity contribution in [2.75, 3.05) is 45.9 Å². The molecule has 0 fully saturated rings. The number of carbonyl (C=O) groups excluding carboxylic acids is 1. The summed E-state index contributed by atoms with van der Waals surface area (Å²) in [6.45, 7) is 0.476. The van der Waals surface area contributed by atoms with Crippen LogP contribution in [0.25, 0.3) is 10.8 Å². The van der Waals surface area contributed by atoms with E-state index in [0.717, 1.165) is 11.1 Å². The Morgan fingerprint density at radius 1 is 1.12 bits per heavy atom. The lowest BCUT2D eigenvalue weighted by Gasteiger charge is -2.20. The van der Waals surface area contributed by atoms with E-state index in [2.05, 4.69) is 9.71 Å². The van der Waals surface area contributed by atoms with Gasteiger partial charge in [-0.1, -0.05) is 24.3 Å². The highest BCUT2D eigenvalue weighted by Gasteiger charge is 2.28. The van der Waals surface area contributed by atoms with E-state index in [9.17, 15) is 13.2 Å². The van der Waals surface area contributed by atoms with Crippen molar-refractivity contribution in [1.29, 1.82) is 0 Å². The molecule has 2 aromatic rings. The van der Waals surface area contributed by atoms with Gasteiger partial charge in [0.15, 0.2) is 5.96 Å². The molecule has 176 valence electrons. The quantitative estimate of drug-likeness (QED) is 0.180. The highest BCUT2D eigenvalue weighted by Crippen LogP contribution is 2.30. The fourth-order valence-electron chi connectivity index (χ4n) is 3.19. The molecule has 1 atom stereocenters. The summed E-state index contributed by atoms with van der Waals surface area (Å²) in [4.78, 5) is 18.4. The predicted molar refractivity (Wildman–Crippen MR) is 125 cm³/mol. The molecule has 2 rings (SSSR count). The van der Waals surface area contributed by atoms with Gasteiger partial charge in [-0.05, 0) is 25.0 Å². The Hall–Kier alpha value is -2.89. The number of sulfonamides is 1. The third-order valence-electron chi connectivity index (χ3n) is 4.69. The Kier molecular flexibility index (Phi) is 9.24. The van der Waals surface area contributed by atoms with Gasteiger partial charge in [-0.25, -0.2) is 8.42 Å². The van der Waals surface area contributed by atoms with Crippen LogP contribution in [-0.2, 0) is 24.3 Å². The van der Waals surface area contributed by atoms with Crippen LogP contribution in [-0.4, -0.2) is 67.4 Å². The average molecular weight is 466 g/mol. The molecular formula is C21H31N5O5S. The first-order chi connectivity index (χ1) is 15.2. The molecule has 10 nitrogen and oxygen atoms in total. The number of nitrogens with one attached hydrogen (secondary N) is 1. The van der Waals surface area contributed by atoms with Gasteiger partial charge in [-0.15, -0.1) is 0 Å². The molecule has 0 aromatic heterocycles. The third kappa shape index (κ3) is 6.81. The second kappa shape index (κ2) is 11.7. The van der Waals surface area contributed by atoms with Gasteiger partial charge in [0.05, 0.1) is 11.5 Å². The van der Waals surface area contributed by atoms with Crippen LogP contribution < -0.4 is 21.1 Å². The maximum Gasteiger partial charge on any atom is 0.324 e. The Balaban J connectivity index is 2.33. The summed E-state index contributed by atoms with van der Waals surface area (Å²) in [5.74, 6) is -0.762. The number of nitrogens with two attached hydrogens (primary N) is 2. The first-order valence-corrected chi connectivity index (χ1v) is 11.6. The van der Waals surface area contributed by atoms with Gasteiger partial charge in [0, 0.05) is 44.2 Å². The van der Waals surface area contributed by atoms with Gasteiger partial charge < -0.3 is 25.8 Å². The molecule has 0 spiro atoms. The van der Waals surface area contributed by atoms with Gasteiger partial charge >= 0.3 is 5.97 Å². The Morgan fingerprint density at radius 3 is 2.47 bits per heavy atom. The summed E-state index contributed by atoms with van der Waals surface area (Å²) < 4.78 is 39.1. The SMILES string of the molecule is COCCOC(=O)C(CCCN=C(N)N)NS(=O)(=O)c1cccc2c(N(C)C)cccc12. The number of hydrogen-bond acceptors (Lipinski definition) is 7. The van der Waals surface area contributed by atoms with Crippen LogP contribution in [0.1, 0.15) is 12.8 Å². The number of anilines is 1. The summed E-state index contributed by atoms with van der Waals surface area (Å²) >= 11 is 0. The highest BCUT2D eigenvalue weighted by atomic mass is 32.2. The van der Waals surface area contributed by atoms with Gasteiger partial charge in [0.25, 0.3) is 0 Å². The number of carbonyl (C=O) groups is 1. The summed E-state index contributed by atoms with van der Waals surface area (Å²) in [5.41, 5.74) is 11.5. The maximum atomic E-state index is 13.3. The lowest BCUT2D eigenvalue weighted by molar-refractivity contribution is -0.147. The predicted octanol–water partition coefficient (Wildman–Crippen LogP) is 0.796. The largest absolute Gasteiger partial charge is 0.462 e. The maximum absolute atomic E-state index is 13.3. The molecule has 2 aromatic carbocycles. The monoisotopic (exact) mass is 465 g/mol. The molecule has 11 heteroatoms. The number of guanidine groups is 1. The van der Waals surface area contributed by atoms with Crippen molar-refractivity contribution in [2.45, 2.75) is 23.8 Å². The van der Waals surface area contributed by atoms with Gasteiger partial charge in [-0.3, -0.25) is 9.79 Å². The Morgan fingerprint density at radius 2 is 1.81 bits per heavy atom. The fraction of sp³-hybridized carbons (Fsp3) is 0.429. The first-order valence-electron chi connectivity index (χ1n) is 10.1. The van der Waals surface area contributed by atoms with Crippen molar-refractivity contribution in [2.24, 2.45) is 16.5 Å². The number of benzene rings is 2. The normalized spacial score (nSPS) is 12.3. The van der Waals surface area contributed by atoms with Gasteiger partial charge in [0.1, 0.15) is 12.6 Å². The van der Waals surface area contributed by atoms with E-state index in [1.54, 1.807) is 18.2 Å². The van der Waals surface area contributed by atoms with Crippen LogP contribution in [0.5, 0.6) is 0 Å². The van der Waals surface area contributed by atoms with Gasteiger partial charge in [-0.2, -0.15) is 4.72 Å². The smallest absolute Gasteiger partial charge is 0.324 e. The molecule has 0 amide bonds. The number of aliphatic imine (C=N–C) groups is 1. The second-order valence-corrected chi connectivity index (χ2v) is 8.99. The van der Waals surface area contributed by atoms with E-state index in [1.807, 2.05) is 31.1 Å². The van der Waals surface area contributed by atoms with Crippen molar-refractivity contribution < 1.29 is 22.7 Å². The fourth-order valence-corrected chi connectivity index (χ4v) is 4.64. The molecule has 0 aliphatic carbocycles. The Labute approximate surface area is 188 Å². The van der Waals surface area contributed by atoms with Crippen LogP contribution in [0.15, 0.2) is 46.3 Å². The topological polar surface area (TPSA) is 149 Å². The molecule has 32 heavy (non-hydrogen) atoms. The molecule has 5 N–H and O–H groups in total. The number of rotatable bonds is 12. The lowest BCUT2D eigenvalue weighted by atomic mass is 10.1. The summed E-state index contributed by atoms with van der Waals surface area (Å²) in [7, 11) is 1.21. The number of ether oxygens (including phenoxy) is 2. The molecule has 0 bridgehead atoms. The second-order valence-electron chi connectivity index (χ2n) is 7.31. The lowest BCUT2D eigenvalue weighted by Crippen LogP contribution is -2.42. The average Bonchev–Trinajstić information content (AvgIpc) is 2.74. The third-order valence-corrected chi connectivity index (χ3v) is 6.22. The number of nitrogens with zero attached hydrogens (tertiary/aromatic N) is 2. The number of esters is 1. The standard InChI is InChI=1S/C21H31N5O5S/c1-26(2)18-10-4-8-16-15(18)7-5-11-19(16)32(28,29)25-17(9-6-12-24-21(22)23)20(27)31-14-13-30-3/h4-5,7-8,10-11,17,25H,6,9,12-14H2,1-3H3,(H4,22,23,24). The van der Waals surface area contributed by atoms with Crippen molar-refractivity contribution >= 4 is 38.4 Å². The minimum absolute atomic E-state index is 0.0158. The zero-order chi connectivity index (χ0) is 23.7. The van der Waals surface area contributed by atoms with Crippen LogP contribution in [0, 0.1) is 0 Å². The molecule has 0 heterocycles. The number of fused-ring (bicyclic) bond motifs is 1. The molecule has 0 saturated carbocycles. The number of methoxy groups -OCH3 is 1. The molecular weight excluding hydrogens is 434 g/mol. The Bertz CT molecular complexity index is 1050. The van der Waals surface area contributed by atoms with Crippen LogP contribution in [0.4, 0.5) is 5.69 Å². The van der Waals surface area contributed by atoms with Crippen molar-refractivity contribution in [1.82, 2.24) is 4.72 Å². The van der Waals surface area contributed by atoms with E-state index in [0.29, 0.717) is 11.8 Å².